The maximum atomic E-state index is 5.57. The lowest BCUT2D eigenvalue weighted by molar-refractivity contribution is 0.185. The molecule has 5 nitrogen and oxygen atoms in total. The van der Waals surface area contributed by atoms with E-state index in [4.69, 9.17) is 10.5 Å². The molecule has 0 spiro atoms. The molecule has 1 heterocycles. The van der Waals surface area contributed by atoms with Gasteiger partial charge in [0.1, 0.15) is 5.82 Å². The van der Waals surface area contributed by atoms with Gasteiger partial charge in [-0.25, -0.2) is 4.98 Å². The number of ether oxygens (including phenoxy) is 1. The van der Waals surface area contributed by atoms with Crippen LogP contribution < -0.4 is 11.1 Å². The molecule has 0 fully saturated rings. The van der Waals surface area contributed by atoms with Crippen LogP contribution >= 0.6 is 15.9 Å². The van der Waals surface area contributed by atoms with Crippen molar-refractivity contribution in [1.82, 2.24) is 9.97 Å². The van der Waals surface area contributed by atoms with Gasteiger partial charge >= 0.3 is 0 Å². The van der Waals surface area contributed by atoms with Crippen molar-refractivity contribution in [2.45, 2.75) is 6.61 Å². The summed E-state index contributed by atoms with van der Waals surface area (Å²) in [7, 11) is 1.66. The van der Waals surface area contributed by atoms with Crippen molar-refractivity contribution in [2.24, 2.45) is 0 Å². The summed E-state index contributed by atoms with van der Waals surface area (Å²) in [5.41, 5.74) is 7.54. The summed E-state index contributed by atoms with van der Waals surface area (Å²) in [4.78, 5) is 8.03. The molecule has 0 atom stereocenters. The Balaban J connectivity index is 2.30. The zero-order valence-electron chi connectivity index (χ0n) is 9.85. The van der Waals surface area contributed by atoms with Crippen LogP contribution in [0.1, 0.15) is 5.56 Å². The Morgan fingerprint density at radius 2 is 2.17 bits per heavy atom. The van der Waals surface area contributed by atoms with Gasteiger partial charge in [-0.15, -0.1) is 0 Å². The van der Waals surface area contributed by atoms with Gasteiger partial charge in [-0.3, -0.25) is 0 Å². The number of nitrogens with two attached hydrogens (primary N) is 1. The molecule has 0 saturated carbocycles. The van der Waals surface area contributed by atoms with Crippen molar-refractivity contribution in [2.75, 3.05) is 18.2 Å². The quantitative estimate of drug-likeness (QED) is 0.908. The highest BCUT2D eigenvalue weighted by atomic mass is 79.9. The predicted octanol–water partition coefficient (Wildman–Crippen LogP) is 2.71. The number of hydrogen-bond acceptors (Lipinski definition) is 5. The average Bonchev–Trinajstić information content (AvgIpc) is 2.36. The fourth-order valence-electron chi connectivity index (χ4n) is 1.52. The number of benzene rings is 1. The zero-order chi connectivity index (χ0) is 13.0. The van der Waals surface area contributed by atoms with Crippen LogP contribution in [0.3, 0.4) is 0 Å². The molecule has 2 aromatic rings. The SMILES string of the molecule is COCc1ccccc1Nc1nc(N)ncc1Br. The summed E-state index contributed by atoms with van der Waals surface area (Å²) >= 11 is 3.38. The summed E-state index contributed by atoms with van der Waals surface area (Å²) in [5, 5.41) is 3.21. The maximum absolute atomic E-state index is 5.57. The van der Waals surface area contributed by atoms with Gasteiger partial charge in [0.15, 0.2) is 0 Å². The van der Waals surface area contributed by atoms with Crippen molar-refractivity contribution in [3.8, 4) is 0 Å². The molecule has 0 bridgehead atoms. The van der Waals surface area contributed by atoms with Crippen LogP contribution in [0.25, 0.3) is 0 Å². The number of anilines is 3. The second-order valence-electron chi connectivity index (χ2n) is 3.64. The monoisotopic (exact) mass is 308 g/mol. The minimum Gasteiger partial charge on any atom is -0.380 e. The number of rotatable bonds is 4. The molecule has 0 saturated heterocycles. The molecule has 0 aliphatic carbocycles. The highest BCUT2D eigenvalue weighted by Gasteiger charge is 2.06. The van der Waals surface area contributed by atoms with Gasteiger partial charge < -0.3 is 15.8 Å². The number of methoxy groups -OCH3 is 1. The summed E-state index contributed by atoms with van der Waals surface area (Å²) in [6, 6.07) is 7.85. The first kappa shape index (κ1) is 12.8. The van der Waals surface area contributed by atoms with Crippen LogP contribution in [0.4, 0.5) is 17.5 Å². The van der Waals surface area contributed by atoms with E-state index >= 15 is 0 Å². The average molecular weight is 309 g/mol. The van der Waals surface area contributed by atoms with Crippen molar-refractivity contribution in [3.05, 3.63) is 40.5 Å². The van der Waals surface area contributed by atoms with Crippen molar-refractivity contribution in [1.29, 1.82) is 0 Å². The molecule has 0 radical (unpaired) electrons. The number of nitrogens with zero attached hydrogens (tertiary/aromatic N) is 2. The predicted molar refractivity (Wildman–Crippen MR) is 74.6 cm³/mol. The smallest absolute Gasteiger partial charge is 0.222 e. The Hall–Kier alpha value is -1.66. The van der Waals surface area contributed by atoms with Crippen molar-refractivity contribution in [3.63, 3.8) is 0 Å². The first-order valence-electron chi connectivity index (χ1n) is 5.32. The first-order chi connectivity index (χ1) is 8.70. The molecule has 6 heteroatoms. The molecule has 0 unspecified atom stereocenters. The fourth-order valence-corrected chi connectivity index (χ4v) is 1.81. The number of nitrogens with one attached hydrogen (secondary N) is 1. The van der Waals surface area contributed by atoms with Gasteiger partial charge in [-0.1, -0.05) is 18.2 Å². The van der Waals surface area contributed by atoms with Crippen LogP contribution in [0, 0.1) is 0 Å². The Kier molecular flexibility index (Phi) is 4.11. The lowest BCUT2D eigenvalue weighted by atomic mass is 10.2. The second-order valence-corrected chi connectivity index (χ2v) is 4.49. The number of hydrogen-bond donors (Lipinski definition) is 2. The van der Waals surface area contributed by atoms with Crippen LogP contribution in [0.15, 0.2) is 34.9 Å². The van der Waals surface area contributed by atoms with E-state index in [0.717, 1.165) is 15.7 Å². The van der Waals surface area contributed by atoms with E-state index < -0.39 is 0 Å². The van der Waals surface area contributed by atoms with Gasteiger partial charge in [0.2, 0.25) is 5.95 Å². The lowest BCUT2D eigenvalue weighted by Crippen LogP contribution is -2.02. The number of nitrogen functional groups attached to an aromatic ring is 1. The minimum atomic E-state index is 0.227. The Morgan fingerprint density at radius 1 is 1.39 bits per heavy atom. The number of halogens is 1. The van der Waals surface area contributed by atoms with Crippen LogP contribution in [0.2, 0.25) is 0 Å². The first-order valence-corrected chi connectivity index (χ1v) is 6.12. The van der Waals surface area contributed by atoms with Gasteiger partial charge in [0.05, 0.1) is 11.1 Å². The Morgan fingerprint density at radius 3 is 2.94 bits per heavy atom. The molecule has 0 amide bonds. The van der Waals surface area contributed by atoms with E-state index in [1.807, 2.05) is 24.3 Å². The van der Waals surface area contributed by atoms with E-state index in [9.17, 15) is 0 Å². The molecular weight excluding hydrogens is 296 g/mol. The van der Waals surface area contributed by atoms with Gasteiger partial charge in [0.25, 0.3) is 0 Å². The largest absolute Gasteiger partial charge is 0.380 e. The van der Waals surface area contributed by atoms with Crippen LogP contribution in [-0.4, -0.2) is 17.1 Å². The topological polar surface area (TPSA) is 73.1 Å². The minimum absolute atomic E-state index is 0.227. The van der Waals surface area contributed by atoms with Crippen LogP contribution in [0.5, 0.6) is 0 Å². The van der Waals surface area contributed by atoms with E-state index in [1.165, 1.54) is 0 Å². The maximum Gasteiger partial charge on any atom is 0.222 e. The molecule has 2 rings (SSSR count). The number of aromatic nitrogens is 2. The molecule has 1 aromatic carbocycles. The van der Waals surface area contributed by atoms with E-state index in [-0.39, 0.29) is 5.95 Å². The molecule has 18 heavy (non-hydrogen) atoms. The summed E-state index contributed by atoms with van der Waals surface area (Å²) < 4.78 is 5.90. The molecule has 94 valence electrons. The van der Waals surface area contributed by atoms with E-state index in [2.05, 4.69) is 31.2 Å². The summed E-state index contributed by atoms with van der Waals surface area (Å²) in [5.74, 6) is 0.857. The number of para-hydroxylation sites is 1. The molecule has 0 aliphatic rings. The van der Waals surface area contributed by atoms with Gasteiger partial charge in [-0.05, 0) is 22.0 Å². The van der Waals surface area contributed by atoms with Crippen molar-refractivity contribution >= 4 is 33.4 Å². The molecule has 1 aromatic heterocycles. The standard InChI is InChI=1S/C12H13BrN4O/c1-18-7-8-4-2-3-5-10(8)16-11-9(13)6-15-12(14)17-11/h2-6H,7H2,1H3,(H3,14,15,16,17). The normalized spacial score (nSPS) is 10.3. The van der Waals surface area contributed by atoms with Gasteiger partial charge in [-0.2, -0.15) is 4.98 Å². The third-order valence-electron chi connectivity index (χ3n) is 2.33. The molecule has 0 aliphatic heterocycles. The van der Waals surface area contributed by atoms with E-state index in [1.54, 1.807) is 13.3 Å². The van der Waals surface area contributed by atoms with E-state index in [0.29, 0.717) is 12.4 Å². The fraction of sp³-hybridized carbons (Fsp3) is 0.167. The highest BCUT2D eigenvalue weighted by molar-refractivity contribution is 9.10. The van der Waals surface area contributed by atoms with Gasteiger partial charge in [0, 0.05) is 24.6 Å². The van der Waals surface area contributed by atoms with Crippen molar-refractivity contribution < 1.29 is 4.74 Å². The lowest BCUT2D eigenvalue weighted by Gasteiger charge is -2.12. The molecular formula is C12H13BrN4O. The zero-order valence-corrected chi connectivity index (χ0v) is 11.4. The summed E-state index contributed by atoms with van der Waals surface area (Å²) in [6.45, 7) is 0.529. The Labute approximate surface area is 114 Å². The Bertz CT molecular complexity index is 547. The van der Waals surface area contributed by atoms with Crippen LogP contribution in [-0.2, 0) is 11.3 Å². The third kappa shape index (κ3) is 2.96. The highest BCUT2D eigenvalue weighted by Crippen LogP contribution is 2.25. The summed E-state index contributed by atoms with van der Waals surface area (Å²) in [6.07, 6.45) is 1.61. The third-order valence-corrected chi connectivity index (χ3v) is 2.91. The molecule has 3 N–H and O–H groups in total. The second kappa shape index (κ2) is 5.79.